The van der Waals surface area contributed by atoms with Crippen LogP contribution in [-0.2, 0) is 9.53 Å². The molecule has 0 saturated carbocycles. The van der Waals surface area contributed by atoms with E-state index in [1.807, 2.05) is 36.4 Å². The summed E-state index contributed by atoms with van der Waals surface area (Å²) >= 11 is 12.1. The molecule has 1 fully saturated rings. The van der Waals surface area contributed by atoms with Gasteiger partial charge in [-0.1, -0.05) is 47.5 Å². The van der Waals surface area contributed by atoms with Crippen molar-refractivity contribution in [2.75, 3.05) is 11.5 Å². The van der Waals surface area contributed by atoms with Gasteiger partial charge in [-0.15, -0.1) is 0 Å². The highest BCUT2D eigenvalue weighted by molar-refractivity contribution is 6.30. The second-order valence-electron chi connectivity index (χ2n) is 6.11. The number of anilines is 1. The highest BCUT2D eigenvalue weighted by atomic mass is 35.5. The number of halogens is 2. The summed E-state index contributed by atoms with van der Waals surface area (Å²) in [7, 11) is 0. The molecule has 2 heterocycles. The molecule has 2 atom stereocenters. The third-order valence-electron chi connectivity index (χ3n) is 4.43. The lowest BCUT2D eigenvalue weighted by Crippen LogP contribution is -2.46. The van der Waals surface area contributed by atoms with Gasteiger partial charge in [0, 0.05) is 22.4 Å². The Morgan fingerprint density at radius 3 is 2.15 bits per heavy atom. The van der Waals surface area contributed by atoms with Crippen LogP contribution in [0.2, 0.25) is 10.0 Å². The molecule has 0 aliphatic carbocycles. The summed E-state index contributed by atoms with van der Waals surface area (Å²) in [6.07, 6.45) is 4.32. The maximum Gasteiger partial charge on any atom is 0.254 e. The fourth-order valence-corrected chi connectivity index (χ4v) is 3.46. The number of rotatable bonds is 3. The van der Waals surface area contributed by atoms with Crippen LogP contribution in [0.5, 0.6) is 0 Å². The van der Waals surface area contributed by atoms with E-state index in [4.69, 9.17) is 27.9 Å². The number of hydrogen-bond acceptors (Lipinski definition) is 4. The molecule has 0 N–H and O–H groups in total. The Labute approximate surface area is 166 Å². The van der Waals surface area contributed by atoms with Crippen LogP contribution in [0.1, 0.15) is 23.3 Å². The van der Waals surface area contributed by atoms with Crippen LogP contribution in [0, 0.1) is 0 Å². The second kappa shape index (κ2) is 7.64. The Hall–Kier alpha value is -2.47. The first-order chi connectivity index (χ1) is 13.1. The topological polar surface area (TPSA) is 55.3 Å². The van der Waals surface area contributed by atoms with Gasteiger partial charge in [0.15, 0.2) is 5.82 Å². The van der Waals surface area contributed by atoms with Crippen molar-refractivity contribution in [1.82, 2.24) is 9.97 Å². The number of carbonyl (C=O) groups is 1. The van der Waals surface area contributed by atoms with Crippen LogP contribution in [0.4, 0.5) is 5.82 Å². The zero-order valence-corrected chi connectivity index (χ0v) is 15.6. The monoisotopic (exact) mass is 399 g/mol. The van der Waals surface area contributed by atoms with Crippen molar-refractivity contribution < 1.29 is 9.53 Å². The Morgan fingerprint density at radius 1 is 0.926 bits per heavy atom. The van der Waals surface area contributed by atoms with Crippen LogP contribution in [-0.4, -0.2) is 22.5 Å². The number of hydrogen-bond donors (Lipinski definition) is 0. The number of carbonyl (C=O) groups excluding carboxylic acids is 1. The van der Waals surface area contributed by atoms with E-state index in [0.29, 0.717) is 15.9 Å². The molecule has 1 aliphatic rings. The van der Waals surface area contributed by atoms with Crippen molar-refractivity contribution in [3.8, 4) is 0 Å². The van der Waals surface area contributed by atoms with Crippen LogP contribution in [0.3, 0.4) is 0 Å². The third kappa shape index (κ3) is 3.67. The third-order valence-corrected chi connectivity index (χ3v) is 4.93. The normalized spacial score (nSPS) is 19.9. The fourth-order valence-electron chi connectivity index (χ4n) is 3.21. The average Bonchev–Trinajstić information content (AvgIpc) is 2.70. The molecule has 3 aromatic rings. The van der Waals surface area contributed by atoms with E-state index in [-0.39, 0.29) is 18.6 Å². The number of aromatic nitrogens is 2. The molecule has 5 nitrogen and oxygen atoms in total. The maximum absolute atomic E-state index is 12.8. The minimum atomic E-state index is -0.415. The number of morpholine rings is 1. The van der Waals surface area contributed by atoms with Gasteiger partial charge < -0.3 is 4.74 Å². The summed E-state index contributed by atoms with van der Waals surface area (Å²) in [6, 6.07) is 14.4. The Balaban J connectivity index is 1.83. The van der Waals surface area contributed by atoms with Crippen molar-refractivity contribution in [3.05, 3.63) is 88.3 Å². The van der Waals surface area contributed by atoms with Gasteiger partial charge in [0.2, 0.25) is 0 Å². The lowest BCUT2D eigenvalue weighted by atomic mass is 9.92. The summed E-state index contributed by atoms with van der Waals surface area (Å²) in [4.78, 5) is 22.8. The van der Waals surface area contributed by atoms with E-state index in [9.17, 15) is 4.79 Å². The molecule has 0 bridgehead atoms. The lowest BCUT2D eigenvalue weighted by Gasteiger charge is -2.40. The molecule has 1 aromatic heterocycles. The van der Waals surface area contributed by atoms with Gasteiger partial charge in [-0.25, -0.2) is 4.98 Å². The molecular formula is C20H15Cl2N3O2. The average molecular weight is 400 g/mol. The van der Waals surface area contributed by atoms with Gasteiger partial charge in [0.1, 0.15) is 12.7 Å². The van der Waals surface area contributed by atoms with E-state index >= 15 is 0 Å². The van der Waals surface area contributed by atoms with Gasteiger partial charge in [0.25, 0.3) is 5.91 Å². The minimum absolute atomic E-state index is 0.0477. The molecule has 136 valence electrons. The smallest absolute Gasteiger partial charge is 0.254 e. The number of benzene rings is 2. The van der Waals surface area contributed by atoms with Crippen molar-refractivity contribution in [2.45, 2.75) is 12.1 Å². The maximum atomic E-state index is 12.8. The van der Waals surface area contributed by atoms with E-state index in [0.717, 1.165) is 11.1 Å². The van der Waals surface area contributed by atoms with Gasteiger partial charge in [-0.3, -0.25) is 14.7 Å². The zero-order chi connectivity index (χ0) is 18.8. The first kappa shape index (κ1) is 17.9. The summed E-state index contributed by atoms with van der Waals surface area (Å²) in [5, 5.41) is 1.26. The lowest BCUT2D eigenvalue weighted by molar-refractivity contribution is -0.132. The van der Waals surface area contributed by atoms with Crippen LogP contribution >= 0.6 is 23.2 Å². The highest BCUT2D eigenvalue weighted by Gasteiger charge is 2.40. The number of amides is 1. The SMILES string of the molecule is O=C1CO[C@@H](c2ccc(Cl)cc2)[C@@H](c2ccc(Cl)cc2)N1c1cnccn1. The summed E-state index contributed by atoms with van der Waals surface area (Å²) in [5.41, 5.74) is 1.80. The molecular weight excluding hydrogens is 385 g/mol. The van der Waals surface area contributed by atoms with Crippen LogP contribution in [0.25, 0.3) is 0 Å². The van der Waals surface area contributed by atoms with E-state index < -0.39 is 6.04 Å². The van der Waals surface area contributed by atoms with Gasteiger partial charge >= 0.3 is 0 Å². The molecule has 1 amide bonds. The minimum Gasteiger partial charge on any atom is -0.361 e. The van der Waals surface area contributed by atoms with Crippen LogP contribution < -0.4 is 4.90 Å². The molecule has 4 rings (SSSR count). The molecule has 2 aromatic carbocycles. The standard InChI is InChI=1S/C20H15Cl2N3O2/c21-15-5-1-13(2-6-15)19-20(14-3-7-16(22)8-4-14)27-12-18(26)25(19)17-11-23-9-10-24-17/h1-11,19-20H,12H2/t19-,20+/m1/s1. The molecule has 0 radical (unpaired) electrons. The van der Waals surface area contributed by atoms with E-state index in [1.165, 1.54) is 0 Å². The Morgan fingerprint density at radius 2 is 1.56 bits per heavy atom. The fraction of sp³-hybridized carbons (Fsp3) is 0.150. The summed E-state index contributed by atoms with van der Waals surface area (Å²) in [5.74, 6) is 0.297. The first-order valence-corrected chi connectivity index (χ1v) is 9.09. The van der Waals surface area contributed by atoms with Gasteiger partial charge in [0.05, 0.1) is 12.2 Å². The molecule has 27 heavy (non-hydrogen) atoms. The first-order valence-electron chi connectivity index (χ1n) is 8.34. The van der Waals surface area contributed by atoms with E-state index in [2.05, 4.69) is 9.97 Å². The van der Waals surface area contributed by atoms with Crippen molar-refractivity contribution >= 4 is 34.9 Å². The summed E-state index contributed by atoms with van der Waals surface area (Å²) < 4.78 is 5.95. The largest absolute Gasteiger partial charge is 0.361 e. The predicted octanol–water partition coefficient (Wildman–Crippen LogP) is 4.63. The van der Waals surface area contributed by atoms with Gasteiger partial charge in [-0.2, -0.15) is 0 Å². The number of ether oxygens (including phenoxy) is 1. The molecule has 1 aliphatic heterocycles. The Bertz CT molecular complexity index is 934. The van der Waals surface area contributed by atoms with Crippen molar-refractivity contribution in [1.29, 1.82) is 0 Å². The molecule has 0 spiro atoms. The summed E-state index contributed by atoms with van der Waals surface area (Å²) in [6.45, 7) is -0.0477. The zero-order valence-electron chi connectivity index (χ0n) is 14.1. The van der Waals surface area contributed by atoms with Crippen molar-refractivity contribution in [2.24, 2.45) is 0 Å². The predicted molar refractivity (Wildman–Crippen MR) is 104 cm³/mol. The van der Waals surface area contributed by atoms with Crippen molar-refractivity contribution in [3.63, 3.8) is 0 Å². The second-order valence-corrected chi connectivity index (χ2v) is 6.98. The van der Waals surface area contributed by atoms with Crippen LogP contribution in [0.15, 0.2) is 67.1 Å². The molecule has 7 heteroatoms. The Kier molecular flexibility index (Phi) is 5.07. The van der Waals surface area contributed by atoms with Gasteiger partial charge in [-0.05, 0) is 35.4 Å². The number of nitrogens with zero attached hydrogens (tertiary/aromatic N) is 3. The van der Waals surface area contributed by atoms with E-state index in [1.54, 1.807) is 35.6 Å². The highest BCUT2D eigenvalue weighted by Crippen LogP contribution is 2.42. The molecule has 1 saturated heterocycles. The molecule has 0 unspecified atom stereocenters. The quantitative estimate of drug-likeness (QED) is 0.644.